The van der Waals surface area contributed by atoms with Gasteiger partial charge in [-0.3, -0.25) is 0 Å². The van der Waals surface area contributed by atoms with Crippen LogP contribution in [0.15, 0.2) is 36.4 Å². The first-order chi connectivity index (χ1) is 7.69. The van der Waals surface area contributed by atoms with E-state index in [4.69, 9.17) is 5.73 Å². The van der Waals surface area contributed by atoms with E-state index in [9.17, 15) is 5.11 Å². The van der Waals surface area contributed by atoms with Gasteiger partial charge in [-0.15, -0.1) is 0 Å². The first-order valence-electron chi connectivity index (χ1n) is 5.70. The van der Waals surface area contributed by atoms with Crippen molar-refractivity contribution < 1.29 is 5.11 Å². The molecule has 0 bridgehead atoms. The highest BCUT2D eigenvalue weighted by molar-refractivity contribution is 5.88. The van der Waals surface area contributed by atoms with Gasteiger partial charge in [-0.25, -0.2) is 0 Å². The number of hydrogen-bond donors (Lipinski definition) is 2. The minimum Gasteiger partial charge on any atom is -0.508 e. The summed E-state index contributed by atoms with van der Waals surface area (Å²) in [5.74, 6) is 0.308. The van der Waals surface area contributed by atoms with Gasteiger partial charge in [-0.1, -0.05) is 24.3 Å². The standard InChI is InChI=1S/C14H15NO/c15-14(7-2-8-14)13-4-1-3-10-5-6-11(16)9-12(10)13/h1,3-6,9,16H,2,7-8,15H2. The van der Waals surface area contributed by atoms with Gasteiger partial charge in [0.1, 0.15) is 5.75 Å². The molecule has 2 heteroatoms. The first kappa shape index (κ1) is 9.67. The maximum atomic E-state index is 9.57. The molecule has 2 aromatic carbocycles. The first-order valence-corrected chi connectivity index (χ1v) is 5.70. The van der Waals surface area contributed by atoms with Crippen molar-refractivity contribution in [1.82, 2.24) is 0 Å². The highest BCUT2D eigenvalue weighted by Crippen LogP contribution is 2.42. The van der Waals surface area contributed by atoms with Gasteiger partial charge >= 0.3 is 0 Å². The second kappa shape index (κ2) is 3.22. The molecule has 2 aromatic rings. The Morgan fingerprint density at radius 2 is 1.94 bits per heavy atom. The molecule has 0 aromatic heterocycles. The maximum absolute atomic E-state index is 9.57. The Morgan fingerprint density at radius 3 is 2.62 bits per heavy atom. The zero-order valence-electron chi connectivity index (χ0n) is 9.11. The SMILES string of the molecule is NC1(c2cccc3ccc(O)cc23)CCC1. The van der Waals surface area contributed by atoms with Crippen LogP contribution in [-0.2, 0) is 5.54 Å². The molecular formula is C14H15NO. The summed E-state index contributed by atoms with van der Waals surface area (Å²) < 4.78 is 0. The molecule has 0 unspecified atom stereocenters. The van der Waals surface area contributed by atoms with Crippen LogP contribution in [0.2, 0.25) is 0 Å². The van der Waals surface area contributed by atoms with E-state index >= 15 is 0 Å². The third kappa shape index (κ3) is 1.30. The molecule has 0 aliphatic heterocycles. The van der Waals surface area contributed by atoms with Crippen LogP contribution in [0, 0.1) is 0 Å². The molecule has 1 fully saturated rings. The lowest BCUT2D eigenvalue weighted by Crippen LogP contribution is -2.43. The Balaban J connectivity index is 2.27. The van der Waals surface area contributed by atoms with Gasteiger partial charge in [-0.2, -0.15) is 0 Å². The lowest BCUT2D eigenvalue weighted by Gasteiger charge is -2.39. The van der Waals surface area contributed by atoms with Crippen molar-refractivity contribution in [2.24, 2.45) is 5.73 Å². The average Bonchev–Trinajstić information content (AvgIpc) is 2.25. The van der Waals surface area contributed by atoms with E-state index in [1.54, 1.807) is 6.07 Å². The molecule has 0 amide bonds. The fraction of sp³-hybridized carbons (Fsp3) is 0.286. The van der Waals surface area contributed by atoms with Crippen molar-refractivity contribution in [2.75, 3.05) is 0 Å². The number of fused-ring (bicyclic) bond motifs is 1. The van der Waals surface area contributed by atoms with E-state index in [1.165, 1.54) is 12.0 Å². The smallest absolute Gasteiger partial charge is 0.116 e. The number of benzene rings is 2. The van der Waals surface area contributed by atoms with Crippen LogP contribution in [0.4, 0.5) is 0 Å². The number of phenolic OH excluding ortho intramolecular Hbond substituents is 1. The maximum Gasteiger partial charge on any atom is 0.116 e. The molecule has 16 heavy (non-hydrogen) atoms. The van der Waals surface area contributed by atoms with E-state index in [-0.39, 0.29) is 5.54 Å². The summed E-state index contributed by atoms with van der Waals surface area (Å²) in [4.78, 5) is 0. The van der Waals surface area contributed by atoms with Crippen LogP contribution in [0.25, 0.3) is 10.8 Å². The summed E-state index contributed by atoms with van der Waals surface area (Å²) in [7, 11) is 0. The molecule has 1 aliphatic rings. The van der Waals surface area contributed by atoms with E-state index < -0.39 is 0 Å². The summed E-state index contributed by atoms with van der Waals surface area (Å²) in [5, 5.41) is 11.8. The molecule has 0 saturated heterocycles. The predicted molar refractivity (Wildman–Crippen MR) is 65.3 cm³/mol. The fourth-order valence-corrected chi connectivity index (χ4v) is 2.52. The molecule has 1 saturated carbocycles. The van der Waals surface area contributed by atoms with Crippen LogP contribution in [0.3, 0.4) is 0 Å². The zero-order valence-corrected chi connectivity index (χ0v) is 9.11. The van der Waals surface area contributed by atoms with Gasteiger partial charge in [0.05, 0.1) is 0 Å². The highest BCUT2D eigenvalue weighted by atomic mass is 16.3. The molecule has 0 heterocycles. The Morgan fingerprint density at radius 1 is 1.12 bits per heavy atom. The number of aromatic hydroxyl groups is 1. The van der Waals surface area contributed by atoms with Crippen LogP contribution >= 0.6 is 0 Å². The van der Waals surface area contributed by atoms with Gasteiger partial charge in [-0.05, 0) is 47.7 Å². The Bertz CT molecular complexity index is 543. The quantitative estimate of drug-likeness (QED) is 0.765. The van der Waals surface area contributed by atoms with Crippen LogP contribution in [0.5, 0.6) is 5.75 Å². The van der Waals surface area contributed by atoms with Crippen molar-refractivity contribution in [2.45, 2.75) is 24.8 Å². The molecule has 2 nitrogen and oxygen atoms in total. The number of hydrogen-bond acceptors (Lipinski definition) is 2. The van der Waals surface area contributed by atoms with E-state index in [2.05, 4.69) is 12.1 Å². The summed E-state index contributed by atoms with van der Waals surface area (Å²) in [6.45, 7) is 0. The monoisotopic (exact) mass is 213 g/mol. The minimum absolute atomic E-state index is 0.173. The molecule has 82 valence electrons. The molecule has 0 radical (unpaired) electrons. The normalized spacial score (nSPS) is 18.3. The lowest BCUT2D eigenvalue weighted by molar-refractivity contribution is 0.256. The second-order valence-electron chi connectivity index (χ2n) is 4.72. The van der Waals surface area contributed by atoms with Gasteiger partial charge in [0.2, 0.25) is 0 Å². The largest absolute Gasteiger partial charge is 0.508 e. The van der Waals surface area contributed by atoms with E-state index in [1.807, 2.05) is 18.2 Å². The average molecular weight is 213 g/mol. The molecule has 0 atom stereocenters. The van der Waals surface area contributed by atoms with Crippen molar-refractivity contribution in [1.29, 1.82) is 0 Å². The van der Waals surface area contributed by atoms with Gasteiger partial charge in [0.25, 0.3) is 0 Å². The van der Waals surface area contributed by atoms with E-state index in [0.29, 0.717) is 5.75 Å². The van der Waals surface area contributed by atoms with Crippen molar-refractivity contribution in [3.8, 4) is 5.75 Å². The third-order valence-electron chi connectivity index (χ3n) is 3.65. The topological polar surface area (TPSA) is 46.2 Å². The van der Waals surface area contributed by atoms with Crippen LogP contribution < -0.4 is 5.73 Å². The van der Waals surface area contributed by atoms with Crippen LogP contribution in [-0.4, -0.2) is 5.11 Å². The third-order valence-corrected chi connectivity index (χ3v) is 3.65. The Hall–Kier alpha value is -1.54. The van der Waals surface area contributed by atoms with Crippen LogP contribution in [0.1, 0.15) is 24.8 Å². The van der Waals surface area contributed by atoms with Gasteiger partial charge in [0, 0.05) is 5.54 Å². The number of phenols is 1. The van der Waals surface area contributed by atoms with E-state index in [0.717, 1.165) is 23.6 Å². The molecule has 1 aliphatic carbocycles. The number of nitrogens with two attached hydrogens (primary N) is 1. The minimum atomic E-state index is -0.173. The lowest BCUT2D eigenvalue weighted by atomic mass is 9.71. The molecular weight excluding hydrogens is 198 g/mol. The summed E-state index contributed by atoms with van der Waals surface area (Å²) >= 11 is 0. The van der Waals surface area contributed by atoms with Crippen molar-refractivity contribution >= 4 is 10.8 Å². The van der Waals surface area contributed by atoms with Crippen molar-refractivity contribution in [3.05, 3.63) is 42.0 Å². The highest BCUT2D eigenvalue weighted by Gasteiger charge is 2.35. The number of rotatable bonds is 1. The molecule has 3 N–H and O–H groups in total. The Labute approximate surface area is 94.7 Å². The van der Waals surface area contributed by atoms with Crippen molar-refractivity contribution in [3.63, 3.8) is 0 Å². The van der Waals surface area contributed by atoms with Gasteiger partial charge in [0.15, 0.2) is 0 Å². The second-order valence-corrected chi connectivity index (χ2v) is 4.72. The summed E-state index contributed by atoms with van der Waals surface area (Å²) in [6.07, 6.45) is 3.29. The molecule has 3 rings (SSSR count). The Kier molecular flexibility index (Phi) is 1.95. The summed E-state index contributed by atoms with van der Waals surface area (Å²) in [6, 6.07) is 11.7. The predicted octanol–water partition coefficient (Wildman–Crippen LogP) is 2.88. The zero-order chi connectivity index (χ0) is 11.2. The van der Waals surface area contributed by atoms with Gasteiger partial charge < -0.3 is 10.8 Å². The molecule has 0 spiro atoms. The fourth-order valence-electron chi connectivity index (χ4n) is 2.52. The summed E-state index contributed by atoms with van der Waals surface area (Å²) in [5.41, 5.74) is 7.36.